The first-order valence-corrected chi connectivity index (χ1v) is 11.6. The summed E-state index contributed by atoms with van der Waals surface area (Å²) >= 11 is 0. The molecule has 0 bridgehead atoms. The standard InChI is InChI=1S/C24H26FN7O2/c25-17-6-4-16(5-7-17)22-21-23(32-12-2-1-3-13-32)29-19(30-24(21)34-31-22)8-9-20(33)27-11-10-18-14-26-15-28-18/h4-7,14-15H,1-3,8-13H2,(H,26,28)(H,27,33). The highest BCUT2D eigenvalue weighted by molar-refractivity contribution is 5.98. The molecule has 1 amide bonds. The molecule has 1 fully saturated rings. The maximum absolute atomic E-state index is 13.5. The quantitative estimate of drug-likeness (QED) is 0.412. The number of hydrogen-bond acceptors (Lipinski definition) is 7. The molecule has 4 heterocycles. The zero-order chi connectivity index (χ0) is 23.3. The molecule has 3 aromatic heterocycles. The molecule has 0 atom stereocenters. The first-order chi connectivity index (χ1) is 16.7. The fraction of sp³-hybridized carbons (Fsp3) is 0.375. The fourth-order valence-electron chi connectivity index (χ4n) is 4.20. The van der Waals surface area contributed by atoms with Gasteiger partial charge < -0.3 is 19.7 Å². The summed E-state index contributed by atoms with van der Waals surface area (Å²) in [5.41, 5.74) is 2.69. The van der Waals surface area contributed by atoms with Crippen molar-refractivity contribution in [2.45, 2.75) is 38.5 Å². The van der Waals surface area contributed by atoms with Crippen molar-refractivity contribution in [2.75, 3.05) is 24.5 Å². The number of rotatable bonds is 8. The number of halogens is 1. The number of fused-ring (bicyclic) bond motifs is 1. The molecule has 1 aliphatic rings. The van der Waals surface area contributed by atoms with Gasteiger partial charge >= 0.3 is 0 Å². The van der Waals surface area contributed by atoms with Crippen LogP contribution in [0.2, 0.25) is 0 Å². The van der Waals surface area contributed by atoms with Gasteiger partial charge in [-0.25, -0.2) is 14.4 Å². The number of nitrogens with one attached hydrogen (secondary N) is 2. The molecule has 0 unspecified atom stereocenters. The zero-order valence-corrected chi connectivity index (χ0v) is 18.8. The second-order valence-electron chi connectivity index (χ2n) is 8.41. The van der Waals surface area contributed by atoms with Crippen LogP contribution >= 0.6 is 0 Å². The van der Waals surface area contributed by atoms with Crippen molar-refractivity contribution in [1.29, 1.82) is 0 Å². The van der Waals surface area contributed by atoms with Gasteiger partial charge in [-0.15, -0.1) is 0 Å². The van der Waals surface area contributed by atoms with Crippen LogP contribution in [0.15, 0.2) is 41.3 Å². The summed E-state index contributed by atoms with van der Waals surface area (Å²) in [4.78, 5) is 31.0. The highest BCUT2D eigenvalue weighted by Crippen LogP contribution is 2.35. The molecule has 5 rings (SSSR count). The lowest BCUT2D eigenvalue weighted by molar-refractivity contribution is -0.121. The topological polar surface area (TPSA) is 113 Å². The number of aryl methyl sites for hydroxylation is 1. The number of aromatic nitrogens is 5. The van der Waals surface area contributed by atoms with Gasteiger partial charge in [-0.05, 0) is 43.5 Å². The van der Waals surface area contributed by atoms with Gasteiger partial charge in [-0.2, -0.15) is 4.98 Å². The van der Waals surface area contributed by atoms with E-state index in [1.807, 2.05) is 0 Å². The Kier molecular flexibility index (Phi) is 6.46. The highest BCUT2D eigenvalue weighted by atomic mass is 19.1. The lowest BCUT2D eigenvalue weighted by atomic mass is 10.1. The monoisotopic (exact) mass is 463 g/mol. The van der Waals surface area contributed by atoms with Gasteiger partial charge in [-0.1, -0.05) is 5.16 Å². The van der Waals surface area contributed by atoms with Gasteiger partial charge in [-0.3, -0.25) is 4.79 Å². The third kappa shape index (κ3) is 4.90. The maximum Gasteiger partial charge on any atom is 0.263 e. The first kappa shape index (κ1) is 22.0. The molecule has 4 aromatic rings. The van der Waals surface area contributed by atoms with Crippen LogP contribution in [0.1, 0.15) is 37.2 Å². The number of amides is 1. The fourth-order valence-corrected chi connectivity index (χ4v) is 4.20. The molecule has 1 aromatic carbocycles. The minimum Gasteiger partial charge on any atom is -0.356 e. The van der Waals surface area contributed by atoms with Crippen LogP contribution in [-0.4, -0.2) is 50.6 Å². The van der Waals surface area contributed by atoms with Gasteiger partial charge in [0.15, 0.2) is 0 Å². The van der Waals surface area contributed by atoms with Crippen LogP contribution in [0, 0.1) is 5.82 Å². The van der Waals surface area contributed by atoms with Crippen molar-refractivity contribution in [2.24, 2.45) is 0 Å². The molecule has 0 spiro atoms. The first-order valence-electron chi connectivity index (χ1n) is 11.6. The summed E-state index contributed by atoms with van der Waals surface area (Å²) in [6.45, 7) is 2.30. The van der Waals surface area contributed by atoms with Crippen LogP contribution in [0.3, 0.4) is 0 Å². The van der Waals surface area contributed by atoms with Crippen LogP contribution in [0.25, 0.3) is 22.4 Å². The summed E-state index contributed by atoms with van der Waals surface area (Å²) in [6.07, 6.45) is 8.06. The number of piperidine rings is 1. The molecule has 9 nitrogen and oxygen atoms in total. The Labute approximate surface area is 195 Å². The average molecular weight is 464 g/mol. The molecular weight excluding hydrogens is 437 g/mol. The number of aromatic amines is 1. The molecule has 0 aliphatic carbocycles. The van der Waals surface area contributed by atoms with E-state index in [4.69, 9.17) is 9.51 Å². The van der Waals surface area contributed by atoms with E-state index in [0.29, 0.717) is 36.6 Å². The number of anilines is 1. The van der Waals surface area contributed by atoms with Crippen LogP contribution in [-0.2, 0) is 17.6 Å². The Morgan fingerprint density at radius 3 is 2.71 bits per heavy atom. The van der Waals surface area contributed by atoms with Crippen molar-refractivity contribution in [3.63, 3.8) is 0 Å². The normalized spacial score (nSPS) is 14.0. The van der Waals surface area contributed by atoms with Gasteiger partial charge in [0, 0.05) is 56.4 Å². The average Bonchev–Trinajstić information content (AvgIpc) is 3.53. The summed E-state index contributed by atoms with van der Waals surface area (Å²) in [5.74, 6) is 0.931. The van der Waals surface area contributed by atoms with E-state index in [1.54, 1.807) is 24.7 Å². The molecule has 2 N–H and O–H groups in total. The summed E-state index contributed by atoms with van der Waals surface area (Å²) in [6, 6.07) is 6.15. The summed E-state index contributed by atoms with van der Waals surface area (Å²) < 4.78 is 19.0. The lowest BCUT2D eigenvalue weighted by Crippen LogP contribution is -2.31. The predicted molar refractivity (Wildman–Crippen MR) is 125 cm³/mol. The molecule has 34 heavy (non-hydrogen) atoms. The minimum absolute atomic E-state index is 0.0627. The molecule has 1 aliphatic heterocycles. The largest absolute Gasteiger partial charge is 0.356 e. The number of carbonyl (C=O) groups is 1. The van der Waals surface area contributed by atoms with Gasteiger partial charge in [0.25, 0.3) is 5.71 Å². The molecule has 10 heteroatoms. The third-order valence-corrected chi connectivity index (χ3v) is 5.98. The Morgan fingerprint density at radius 1 is 1.12 bits per heavy atom. The number of nitrogens with zero attached hydrogens (tertiary/aromatic N) is 5. The number of benzene rings is 1. The third-order valence-electron chi connectivity index (χ3n) is 5.98. The maximum atomic E-state index is 13.5. The minimum atomic E-state index is -0.311. The highest BCUT2D eigenvalue weighted by Gasteiger charge is 2.24. The SMILES string of the molecule is O=C(CCc1nc(N2CCCCC2)c2c(-c3ccc(F)cc3)noc2n1)NCCc1cnc[nH]1. The van der Waals surface area contributed by atoms with Crippen LogP contribution < -0.4 is 10.2 Å². The lowest BCUT2D eigenvalue weighted by Gasteiger charge is -2.28. The van der Waals surface area contributed by atoms with E-state index >= 15 is 0 Å². The molecule has 0 saturated carbocycles. The second-order valence-corrected chi connectivity index (χ2v) is 8.41. The second kappa shape index (κ2) is 9.98. The number of carbonyl (C=O) groups excluding carboxylic acids is 1. The van der Waals surface area contributed by atoms with E-state index in [2.05, 4.69) is 30.3 Å². The Morgan fingerprint density at radius 2 is 1.94 bits per heavy atom. The van der Waals surface area contributed by atoms with Crippen molar-refractivity contribution in [3.05, 3.63) is 54.1 Å². The van der Waals surface area contributed by atoms with E-state index in [1.165, 1.54) is 18.6 Å². The van der Waals surface area contributed by atoms with Crippen molar-refractivity contribution >= 4 is 22.8 Å². The van der Waals surface area contributed by atoms with Gasteiger partial charge in [0.2, 0.25) is 5.91 Å². The Hall–Kier alpha value is -3.82. The zero-order valence-electron chi connectivity index (χ0n) is 18.8. The van der Waals surface area contributed by atoms with Gasteiger partial charge in [0.1, 0.15) is 28.5 Å². The molecule has 0 radical (unpaired) electrons. The number of imidazole rings is 1. The smallest absolute Gasteiger partial charge is 0.263 e. The van der Waals surface area contributed by atoms with E-state index in [-0.39, 0.29) is 18.1 Å². The van der Waals surface area contributed by atoms with Crippen molar-refractivity contribution < 1.29 is 13.7 Å². The number of H-pyrrole nitrogens is 1. The Balaban J connectivity index is 1.36. The van der Waals surface area contributed by atoms with Crippen molar-refractivity contribution in [1.82, 2.24) is 30.4 Å². The van der Waals surface area contributed by atoms with Crippen LogP contribution in [0.5, 0.6) is 0 Å². The summed E-state index contributed by atoms with van der Waals surface area (Å²) in [5, 5.41) is 7.88. The molecular formula is C24H26FN7O2. The van der Waals surface area contributed by atoms with Crippen LogP contribution in [0.4, 0.5) is 10.2 Å². The molecule has 1 saturated heterocycles. The predicted octanol–water partition coefficient (Wildman–Crippen LogP) is 3.43. The van der Waals surface area contributed by atoms with E-state index < -0.39 is 0 Å². The summed E-state index contributed by atoms with van der Waals surface area (Å²) in [7, 11) is 0. The van der Waals surface area contributed by atoms with E-state index in [9.17, 15) is 9.18 Å². The van der Waals surface area contributed by atoms with Crippen molar-refractivity contribution in [3.8, 4) is 11.3 Å². The van der Waals surface area contributed by atoms with Gasteiger partial charge in [0.05, 0.1) is 6.33 Å². The number of hydrogen-bond donors (Lipinski definition) is 2. The molecule has 176 valence electrons. The van der Waals surface area contributed by atoms with E-state index in [0.717, 1.165) is 48.4 Å². The Bertz CT molecular complexity index is 1250.